The first-order chi connectivity index (χ1) is 14.6. The van der Waals surface area contributed by atoms with Crippen molar-refractivity contribution in [2.75, 3.05) is 0 Å². The molecule has 2 aromatic carbocycles. The first kappa shape index (κ1) is 20.6. The zero-order valence-electron chi connectivity index (χ0n) is 17.8. The third-order valence-corrected chi connectivity index (χ3v) is 5.27. The van der Waals surface area contributed by atoms with E-state index in [1.807, 2.05) is 45.9 Å². The number of allylic oxidation sites excluding steroid dienone is 2. The van der Waals surface area contributed by atoms with E-state index >= 15 is 0 Å². The number of hydrogen-bond acceptors (Lipinski definition) is 6. The van der Waals surface area contributed by atoms with E-state index in [1.54, 1.807) is 6.07 Å². The zero-order valence-corrected chi connectivity index (χ0v) is 17.8. The van der Waals surface area contributed by atoms with Gasteiger partial charge >= 0.3 is 0 Å². The summed E-state index contributed by atoms with van der Waals surface area (Å²) in [4.78, 5) is 13.3. The SMILES string of the molecule is CC(C)=CCc1c(O)cc2occ(-c3cc(O)c4c(c3)C=CC(C)(C)O4)c(=O)c2c1O. The lowest BCUT2D eigenvalue weighted by atomic mass is 9.96. The van der Waals surface area contributed by atoms with E-state index in [0.29, 0.717) is 16.9 Å². The van der Waals surface area contributed by atoms with Gasteiger partial charge in [-0.05, 0) is 57.9 Å². The molecule has 1 aliphatic heterocycles. The number of ether oxygens (including phenoxy) is 1. The summed E-state index contributed by atoms with van der Waals surface area (Å²) >= 11 is 0. The van der Waals surface area contributed by atoms with Crippen LogP contribution >= 0.6 is 0 Å². The Morgan fingerprint density at radius 1 is 1.10 bits per heavy atom. The van der Waals surface area contributed by atoms with Crippen molar-refractivity contribution in [1.82, 2.24) is 0 Å². The van der Waals surface area contributed by atoms with Crippen LogP contribution in [0.2, 0.25) is 0 Å². The van der Waals surface area contributed by atoms with Gasteiger partial charge in [0.1, 0.15) is 34.3 Å². The Hall–Kier alpha value is -3.67. The van der Waals surface area contributed by atoms with Gasteiger partial charge < -0.3 is 24.5 Å². The Labute approximate surface area is 179 Å². The van der Waals surface area contributed by atoms with Crippen LogP contribution in [0.1, 0.15) is 38.8 Å². The van der Waals surface area contributed by atoms with E-state index in [2.05, 4.69) is 0 Å². The van der Waals surface area contributed by atoms with Crippen LogP contribution < -0.4 is 10.2 Å². The molecule has 0 atom stereocenters. The van der Waals surface area contributed by atoms with Crippen LogP contribution in [-0.2, 0) is 6.42 Å². The molecule has 1 aromatic heterocycles. The molecule has 0 bridgehead atoms. The molecule has 0 amide bonds. The number of phenols is 3. The van der Waals surface area contributed by atoms with Gasteiger partial charge in [0.05, 0.1) is 5.56 Å². The third-order valence-electron chi connectivity index (χ3n) is 5.27. The van der Waals surface area contributed by atoms with Gasteiger partial charge in [-0.25, -0.2) is 0 Å². The van der Waals surface area contributed by atoms with Gasteiger partial charge in [0.15, 0.2) is 11.5 Å². The second-order valence-electron chi connectivity index (χ2n) is 8.51. The molecular formula is C25H24O6. The zero-order chi connectivity index (χ0) is 22.5. The minimum absolute atomic E-state index is 0.0161. The van der Waals surface area contributed by atoms with Crippen molar-refractivity contribution < 1.29 is 24.5 Å². The van der Waals surface area contributed by atoms with Crippen molar-refractivity contribution in [3.8, 4) is 34.1 Å². The smallest absolute Gasteiger partial charge is 0.204 e. The van der Waals surface area contributed by atoms with Gasteiger partial charge in [0, 0.05) is 17.2 Å². The van der Waals surface area contributed by atoms with Crippen LogP contribution in [0, 0.1) is 0 Å². The average Bonchev–Trinajstić information content (AvgIpc) is 2.67. The lowest BCUT2D eigenvalue weighted by molar-refractivity contribution is 0.153. The molecule has 4 rings (SSSR count). The fraction of sp³-hybridized carbons (Fsp3) is 0.240. The molecule has 6 nitrogen and oxygen atoms in total. The molecule has 3 N–H and O–H groups in total. The highest BCUT2D eigenvalue weighted by molar-refractivity contribution is 5.90. The highest BCUT2D eigenvalue weighted by Crippen LogP contribution is 2.42. The van der Waals surface area contributed by atoms with Gasteiger partial charge in [0.25, 0.3) is 0 Å². The number of hydrogen-bond donors (Lipinski definition) is 3. The van der Waals surface area contributed by atoms with Crippen molar-refractivity contribution in [2.24, 2.45) is 0 Å². The van der Waals surface area contributed by atoms with Gasteiger partial charge in [-0.1, -0.05) is 17.7 Å². The molecule has 31 heavy (non-hydrogen) atoms. The summed E-state index contributed by atoms with van der Waals surface area (Å²) in [5, 5.41) is 31.5. The van der Waals surface area contributed by atoms with Crippen molar-refractivity contribution in [1.29, 1.82) is 0 Å². The fourth-order valence-electron chi connectivity index (χ4n) is 3.62. The van der Waals surface area contributed by atoms with Crippen molar-refractivity contribution >= 4 is 17.0 Å². The number of aromatic hydroxyl groups is 3. The number of fused-ring (bicyclic) bond motifs is 2. The molecule has 3 aromatic rings. The van der Waals surface area contributed by atoms with Crippen LogP contribution in [0.5, 0.6) is 23.0 Å². The molecule has 1 aliphatic rings. The summed E-state index contributed by atoms with van der Waals surface area (Å²) in [5.41, 5.74) is 1.58. The molecule has 160 valence electrons. The summed E-state index contributed by atoms with van der Waals surface area (Å²) in [6.07, 6.45) is 7.08. The number of benzene rings is 2. The molecule has 0 aliphatic carbocycles. The van der Waals surface area contributed by atoms with Crippen LogP contribution in [0.3, 0.4) is 0 Å². The number of phenolic OH excluding ortho intramolecular Hbond substituents is 3. The van der Waals surface area contributed by atoms with Crippen LogP contribution in [0.15, 0.2) is 51.4 Å². The highest BCUT2D eigenvalue weighted by atomic mass is 16.5. The predicted octanol–water partition coefficient (Wildman–Crippen LogP) is 5.27. The van der Waals surface area contributed by atoms with E-state index in [9.17, 15) is 20.1 Å². The Kier molecular flexibility index (Phi) is 4.81. The van der Waals surface area contributed by atoms with Crippen LogP contribution in [0.25, 0.3) is 28.2 Å². The minimum atomic E-state index is -0.552. The molecule has 0 unspecified atom stereocenters. The summed E-state index contributed by atoms with van der Waals surface area (Å²) in [7, 11) is 0. The Morgan fingerprint density at radius 2 is 1.84 bits per heavy atom. The van der Waals surface area contributed by atoms with Gasteiger partial charge in [0.2, 0.25) is 5.43 Å². The maximum absolute atomic E-state index is 13.3. The lowest BCUT2D eigenvalue weighted by Crippen LogP contribution is -2.27. The maximum atomic E-state index is 13.3. The molecule has 6 heteroatoms. The largest absolute Gasteiger partial charge is 0.507 e. The molecule has 0 fully saturated rings. The van der Waals surface area contributed by atoms with Gasteiger partial charge in [-0.2, -0.15) is 0 Å². The first-order valence-corrected chi connectivity index (χ1v) is 9.95. The summed E-state index contributed by atoms with van der Waals surface area (Å²) < 4.78 is 11.4. The highest BCUT2D eigenvalue weighted by Gasteiger charge is 2.26. The molecule has 2 heterocycles. The normalized spacial score (nSPS) is 14.2. The fourth-order valence-corrected chi connectivity index (χ4v) is 3.62. The van der Waals surface area contributed by atoms with Gasteiger partial charge in [-0.3, -0.25) is 4.79 Å². The topological polar surface area (TPSA) is 100 Å². The van der Waals surface area contributed by atoms with Gasteiger partial charge in [-0.15, -0.1) is 0 Å². The Balaban J connectivity index is 1.90. The van der Waals surface area contributed by atoms with E-state index in [0.717, 1.165) is 5.57 Å². The van der Waals surface area contributed by atoms with Crippen molar-refractivity contribution in [3.63, 3.8) is 0 Å². The number of rotatable bonds is 3. The molecule has 0 saturated heterocycles. The van der Waals surface area contributed by atoms with E-state index in [-0.39, 0.29) is 45.8 Å². The standard InChI is InChI=1S/C25H24O6/c1-13(2)5-6-16-18(26)11-20-21(22(16)28)23(29)17(12-30-20)15-9-14-7-8-25(3,4)31-24(14)19(27)10-15/h5,7-12,26-28H,6H2,1-4H3. The average molecular weight is 420 g/mol. The molecular weight excluding hydrogens is 396 g/mol. The van der Waals surface area contributed by atoms with Crippen molar-refractivity contribution in [2.45, 2.75) is 39.7 Å². The van der Waals surface area contributed by atoms with E-state index in [4.69, 9.17) is 9.15 Å². The summed E-state index contributed by atoms with van der Waals surface area (Å²) in [6, 6.07) is 4.49. The summed E-state index contributed by atoms with van der Waals surface area (Å²) in [6.45, 7) is 7.57. The minimum Gasteiger partial charge on any atom is -0.507 e. The quantitative estimate of drug-likeness (QED) is 0.499. The van der Waals surface area contributed by atoms with E-state index < -0.39 is 11.0 Å². The second-order valence-corrected chi connectivity index (χ2v) is 8.51. The molecule has 0 saturated carbocycles. The Morgan fingerprint density at radius 3 is 2.55 bits per heavy atom. The molecule has 0 radical (unpaired) electrons. The van der Waals surface area contributed by atoms with E-state index in [1.165, 1.54) is 18.4 Å². The lowest BCUT2D eigenvalue weighted by Gasteiger charge is -2.28. The molecule has 0 spiro atoms. The monoisotopic (exact) mass is 420 g/mol. The van der Waals surface area contributed by atoms with Crippen molar-refractivity contribution in [3.05, 3.63) is 63.5 Å². The Bertz CT molecular complexity index is 1320. The first-order valence-electron chi connectivity index (χ1n) is 9.95. The predicted molar refractivity (Wildman–Crippen MR) is 120 cm³/mol. The third kappa shape index (κ3) is 3.65. The second kappa shape index (κ2) is 7.23. The van der Waals surface area contributed by atoms with Crippen LogP contribution in [-0.4, -0.2) is 20.9 Å². The summed E-state index contributed by atoms with van der Waals surface area (Å²) in [5.74, 6) is -0.202. The van der Waals surface area contributed by atoms with Crippen LogP contribution in [0.4, 0.5) is 0 Å². The maximum Gasteiger partial charge on any atom is 0.204 e.